The third kappa shape index (κ3) is 1.82. The SMILES string of the molecule is Clc1cc2c(cc1Cl)Oc1c(Cl)cccc1O2. The average molecular weight is 288 g/mol. The van der Waals surface area contributed by atoms with E-state index in [9.17, 15) is 0 Å². The third-order valence-electron chi connectivity index (χ3n) is 2.35. The molecule has 2 nitrogen and oxygen atoms in total. The quantitative estimate of drug-likeness (QED) is 0.540. The number of hydrogen-bond donors (Lipinski definition) is 0. The number of rotatable bonds is 0. The van der Waals surface area contributed by atoms with Gasteiger partial charge in [0.05, 0.1) is 15.1 Å². The molecule has 3 rings (SSSR count). The Balaban J connectivity index is 2.14. The molecule has 0 N–H and O–H groups in total. The van der Waals surface area contributed by atoms with E-state index in [1.807, 2.05) is 0 Å². The van der Waals surface area contributed by atoms with E-state index in [1.54, 1.807) is 30.3 Å². The fourth-order valence-corrected chi connectivity index (χ4v) is 2.08. The summed E-state index contributed by atoms with van der Waals surface area (Å²) >= 11 is 17.8. The van der Waals surface area contributed by atoms with Gasteiger partial charge in [-0.3, -0.25) is 0 Å². The molecule has 0 saturated carbocycles. The fraction of sp³-hybridized carbons (Fsp3) is 0. The number of benzene rings is 2. The molecule has 0 atom stereocenters. The normalized spacial score (nSPS) is 12.2. The minimum Gasteiger partial charge on any atom is -0.449 e. The molecule has 1 aliphatic rings. The first-order valence-corrected chi connectivity index (χ1v) is 5.92. The lowest BCUT2D eigenvalue weighted by molar-refractivity contribution is 0.360. The van der Waals surface area contributed by atoms with E-state index in [0.717, 1.165) is 0 Å². The van der Waals surface area contributed by atoms with Crippen LogP contribution < -0.4 is 9.47 Å². The summed E-state index contributed by atoms with van der Waals surface area (Å²) in [6.45, 7) is 0. The van der Waals surface area contributed by atoms with Crippen LogP contribution in [-0.4, -0.2) is 0 Å². The van der Waals surface area contributed by atoms with Gasteiger partial charge in [0.15, 0.2) is 23.0 Å². The molecule has 17 heavy (non-hydrogen) atoms. The van der Waals surface area contributed by atoms with Gasteiger partial charge in [0.2, 0.25) is 0 Å². The molecule has 0 saturated heterocycles. The Labute approximate surface area is 113 Å². The van der Waals surface area contributed by atoms with Crippen molar-refractivity contribution in [3.05, 3.63) is 45.4 Å². The first kappa shape index (κ1) is 11.0. The van der Waals surface area contributed by atoms with Gasteiger partial charge >= 0.3 is 0 Å². The van der Waals surface area contributed by atoms with Crippen molar-refractivity contribution in [2.75, 3.05) is 0 Å². The monoisotopic (exact) mass is 286 g/mol. The molecule has 0 radical (unpaired) electrons. The van der Waals surface area contributed by atoms with E-state index in [1.165, 1.54) is 0 Å². The molecule has 0 amide bonds. The molecule has 0 spiro atoms. The summed E-state index contributed by atoms with van der Waals surface area (Å²) in [7, 11) is 0. The zero-order chi connectivity index (χ0) is 12.0. The lowest BCUT2D eigenvalue weighted by Crippen LogP contribution is -1.99. The van der Waals surface area contributed by atoms with Crippen molar-refractivity contribution in [2.45, 2.75) is 0 Å². The van der Waals surface area contributed by atoms with E-state index in [4.69, 9.17) is 44.3 Å². The van der Waals surface area contributed by atoms with Gasteiger partial charge in [-0.15, -0.1) is 0 Å². The molecule has 0 bridgehead atoms. The van der Waals surface area contributed by atoms with E-state index < -0.39 is 0 Å². The molecule has 0 aliphatic carbocycles. The highest BCUT2D eigenvalue weighted by molar-refractivity contribution is 6.42. The highest BCUT2D eigenvalue weighted by Gasteiger charge is 2.22. The summed E-state index contributed by atoms with van der Waals surface area (Å²) in [6, 6.07) is 8.50. The minimum absolute atomic E-state index is 0.407. The van der Waals surface area contributed by atoms with Crippen LogP contribution in [0.4, 0.5) is 0 Å². The van der Waals surface area contributed by atoms with Crippen molar-refractivity contribution in [3.8, 4) is 23.0 Å². The van der Waals surface area contributed by atoms with Crippen molar-refractivity contribution in [1.29, 1.82) is 0 Å². The van der Waals surface area contributed by atoms with Gasteiger partial charge < -0.3 is 9.47 Å². The van der Waals surface area contributed by atoms with Crippen LogP contribution in [0, 0.1) is 0 Å². The number of halogens is 3. The molecule has 0 fully saturated rings. The summed E-state index contributed by atoms with van der Waals surface area (Å²) in [4.78, 5) is 0. The van der Waals surface area contributed by atoms with Crippen LogP contribution in [0.15, 0.2) is 30.3 Å². The number of ether oxygens (including phenoxy) is 2. The van der Waals surface area contributed by atoms with E-state index >= 15 is 0 Å². The molecular weight excluding hydrogens is 282 g/mol. The van der Waals surface area contributed by atoms with Gasteiger partial charge in [0.25, 0.3) is 0 Å². The highest BCUT2D eigenvalue weighted by atomic mass is 35.5. The Morgan fingerprint density at radius 3 is 2.06 bits per heavy atom. The standard InChI is InChI=1S/C12H5Cl3O2/c13-6-2-1-3-9-12(6)17-11-5-8(15)7(14)4-10(11)16-9/h1-5H. The van der Waals surface area contributed by atoms with E-state index in [2.05, 4.69) is 0 Å². The maximum absolute atomic E-state index is 6.02. The summed E-state index contributed by atoms with van der Waals surface area (Å²) < 4.78 is 11.3. The summed E-state index contributed by atoms with van der Waals surface area (Å²) in [6.07, 6.45) is 0. The van der Waals surface area contributed by atoms with Gasteiger partial charge in [-0.05, 0) is 12.1 Å². The smallest absolute Gasteiger partial charge is 0.188 e. The zero-order valence-corrected chi connectivity index (χ0v) is 10.6. The molecule has 0 unspecified atom stereocenters. The molecule has 5 heteroatoms. The fourth-order valence-electron chi connectivity index (χ4n) is 1.57. The average Bonchev–Trinajstić information content (AvgIpc) is 2.29. The molecule has 86 valence electrons. The lowest BCUT2D eigenvalue weighted by Gasteiger charge is -2.21. The minimum atomic E-state index is 0.407. The second-order valence-corrected chi connectivity index (χ2v) is 4.71. The van der Waals surface area contributed by atoms with Crippen molar-refractivity contribution in [1.82, 2.24) is 0 Å². The summed E-state index contributed by atoms with van der Waals surface area (Å²) in [5.41, 5.74) is 0. The van der Waals surface area contributed by atoms with Crippen LogP contribution in [0.3, 0.4) is 0 Å². The largest absolute Gasteiger partial charge is 0.449 e. The Morgan fingerprint density at radius 1 is 0.706 bits per heavy atom. The Kier molecular flexibility index (Phi) is 2.58. The van der Waals surface area contributed by atoms with Gasteiger partial charge in [0.1, 0.15) is 0 Å². The molecule has 2 aromatic rings. The maximum Gasteiger partial charge on any atom is 0.188 e. The highest BCUT2D eigenvalue weighted by Crippen LogP contribution is 2.50. The van der Waals surface area contributed by atoms with Crippen molar-refractivity contribution < 1.29 is 9.47 Å². The van der Waals surface area contributed by atoms with Crippen molar-refractivity contribution >= 4 is 34.8 Å². The van der Waals surface area contributed by atoms with Crippen LogP contribution in [0.5, 0.6) is 23.0 Å². The molecule has 0 aromatic heterocycles. The van der Waals surface area contributed by atoms with Crippen LogP contribution in [0.1, 0.15) is 0 Å². The van der Waals surface area contributed by atoms with E-state index in [-0.39, 0.29) is 0 Å². The second kappa shape index (κ2) is 3.98. The predicted molar refractivity (Wildman–Crippen MR) is 68.1 cm³/mol. The zero-order valence-electron chi connectivity index (χ0n) is 8.34. The molecule has 1 aliphatic heterocycles. The van der Waals surface area contributed by atoms with Gasteiger partial charge in [0, 0.05) is 12.1 Å². The molecular formula is C12H5Cl3O2. The third-order valence-corrected chi connectivity index (χ3v) is 3.37. The van der Waals surface area contributed by atoms with Crippen molar-refractivity contribution in [3.63, 3.8) is 0 Å². The van der Waals surface area contributed by atoms with Crippen LogP contribution in [-0.2, 0) is 0 Å². The Morgan fingerprint density at radius 2 is 1.35 bits per heavy atom. The topological polar surface area (TPSA) is 18.5 Å². The number of fused-ring (bicyclic) bond motifs is 2. The van der Waals surface area contributed by atoms with E-state index in [0.29, 0.717) is 38.1 Å². The summed E-state index contributed by atoms with van der Waals surface area (Å²) in [5, 5.41) is 1.31. The maximum atomic E-state index is 6.02. The lowest BCUT2D eigenvalue weighted by atomic mass is 10.2. The first-order chi connectivity index (χ1) is 8.15. The molecule has 1 heterocycles. The van der Waals surface area contributed by atoms with Crippen molar-refractivity contribution in [2.24, 2.45) is 0 Å². The molecule has 2 aromatic carbocycles. The van der Waals surface area contributed by atoms with Crippen LogP contribution in [0.25, 0.3) is 0 Å². The number of hydrogen-bond acceptors (Lipinski definition) is 2. The number of para-hydroxylation sites is 1. The second-order valence-electron chi connectivity index (χ2n) is 3.48. The van der Waals surface area contributed by atoms with Gasteiger partial charge in [-0.25, -0.2) is 0 Å². The summed E-state index contributed by atoms with van der Waals surface area (Å²) in [5.74, 6) is 2.07. The Hall–Kier alpha value is -1.09. The first-order valence-electron chi connectivity index (χ1n) is 4.78. The van der Waals surface area contributed by atoms with Gasteiger partial charge in [-0.2, -0.15) is 0 Å². The van der Waals surface area contributed by atoms with Gasteiger partial charge in [-0.1, -0.05) is 40.9 Å². The Bertz CT molecular complexity index is 611. The van der Waals surface area contributed by atoms with Crippen LogP contribution >= 0.6 is 34.8 Å². The van der Waals surface area contributed by atoms with Crippen LogP contribution in [0.2, 0.25) is 15.1 Å². The predicted octanol–water partition coefficient (Wildman–Crippen LogP) is 5.54.